The summed E-state index contributed by atoms with van der Waals surface area (Å²) in [5, 5.41) is 3.31. The Morgan fingerprint density at radius 1 is 1.10 bits per heavy atom. The molecule has 4 rings (SSSR count). The van der Waals surface area contributed by atoms with Gasteiger partial charge in [-0.2, -0.15) is 0 Å². The topological polar surface area (TPSA) is 46.4 Å². The summed E-state index contributed by atoms with van der Waals surface area (Å²) in [6, 6.07) is 10.8. The molecule has 1 aromatic carbocycles. The van der Waals surface area contributed by atoms with Gasteiger partial charge in [-0.25, -0.2) is 4.98 Å². The Hall–Kier alpha value is -2.62. The average molecular weight is 390 g/mol. The van der Waals surface area contributed by atoms with Gasteiger partial charge in [0.05, 0.1) is 17.8 Å². The van der Waals surface area contributed by atoms with Gasteiger partial charge >= 0.3 is 0 Å². The minimum absolute atomic E-state index is 0.0946. The summed E-state index contributed by atoms with van der Waals surface area (Å²) in [6.07, 6.45) is 7.13. The molecule has 1 saturated carbocycles. The minimum Gasteiger partial charge on any atom is -0.353 e. The van der Waals surface area contributed by atoms with Crippen LogP contribution in [0.5, 0.6) is 0 Å². The van der Waals surface area contributed by atoms with E-state index in [0.29, 0.717) is 18.4 Å². The van der Waals surface area contributed by atoms with Crippen LogP contribution in [0.4, 0.5) is 0 Å². The van der Waals surface area contributed by atoms with Crippen molar-refractivity contribution in [2.75, 3.05) is 0 Å². The van der Waals surface area contributed by atoms with Crippen molar-refractivity contribution >= 4 is 11.6 Å². The number of imidazole rings is 1. The van der Waals surface area contributed by atoms with Crippen LogP contribution in [0, 0.1) is 26.7 Å². The number of rotatable bonds is 4. The molecule has 0 aliphatic heterocycles. The predicted molar refractivity (Wildman–Crippen MR) is 118 cm³/mol. The molecule has 29 heavy (non-hydrogen) atoms. The lowest BCUT2D eigenvalue weighted by Gasteiger charge is -2.29. The number of pyridine rings is 1. The second-order valence-electron chi connectivity index (χ2n) is 8.70. The van der Waals surface area contributed by atoms with Gasteiger partial charge in [0.1, 0.15) is 5.65 Å². The van der Waals surface area contributed by atoms with E-state index < -0.39 is 0 Å². The predicted octanol–water partition coefficient (Wildman–Crippen LogP) is 5.16. The van der Waals surface area contributed by atoms with Crippen molar-refractivity contribution in [3.63, 3.8) is 0 Å². The van der Waals surface area contributed by atoms with Crippen LogP contribution in [-0.4, -0.2) is 21.3 Å². The molecule has 4 heteroatoms. The highest BCUT2D eigenvalue weighted by atomic mass is 16.1. The highest BCUT2D eigenvalue weighted by molar-refractivity contribution is 5.82. The van der Waals surface area contributed by atoms with Gasteiger partial charge in [-0.1, -0.05) is 38.0 Å². The van der Waals surface area contributed by atoms with Gasteiger partial charge < -0.3 is 9.72 Å². The molecular formula is C25H31N3O. The fraction of sp³-hybridized carbons (Fsp3) is 0.440. The zero-order valence-corrected chi connectivity index (χ0v) is 18.0. The first-order chi connectivity index (χ1) is 13.9. The molecule has 2 unspecified atom stereocenters. The number of nitrogens with one attached hydrogen (secondary N) is 1. The minimum atomic E-state index is 0.0946. The zero-order valence-electron chi connectivity index (χ0n) is 18.0. The number of aryl methyl sites for hydroxylation is 3. The van der Waals surface area contributed by atoms with E-state index in [2.05, 4.69) is 61.7 Å². The average Bonchev–Trinajstić information content (AvgIpc) is 3.06. The molecule has 2 heterocycles. The molecule has 0 saturated heterocycles. The van der Waals surface area contributed by atoms with Crippen LogP contribution < -0.4 is 5.32 Å². The monoisotopic (exact) mass is 389 g/mol. The maximum absolute atomic E-state index is 13.0. The van der Waals surface area contributed by atoms with Crippen LogP contribution in [-0.2, 0) is 11.2 Å². The van der Waals surface area contributed by atoms with E-state index in [0.717, 1.165) is 34.6 Å². The highest BCUT2D eigenvalue weighted by Gasteiger charge is 2.24. The second kappa shape index (κ2) is 8.02. The molecule has 3 aromatic rings. The van der Waals surface area contributed by atoms with Gasteiger partial charge in [-0.3, -0.25) is 4.79 Å². The summed E-state index contributed by atoms with van der Waals surface area (Å²) in [7, 11) is 0. The number of hydrogen-bond donors (Lipinski definition) is 1. The number of fused-ring (bicyclic) bond motifs is 1. The fourth-order valence-electron chi connectivity index (χ4n) is 4.48. The number of nitrogens with zero attached hydrogens (tertiary/aromatic N) is 2. The van der Waals surface area contributed by atoms with Crippen LogP contribution in [0.2, 0.25) is 0 Å². The normalized spacial score (nSPS) is 19.4. The first-order valence-electron chi connectivity index (χ1n) is 10.8. The summed E-state index contributed by atoms with van der Waals surface area (Å²) in [5.74, 6) is 0.647. The molecule has 1 aliphatic carbocycles. The molecule has 1 fully saturated rings. The van der Waals surface area contributed by atoms with E-state index in [1.54, 1.807) is 0 Å². The molecule has 1 N–H and O–H groups in total. The summed E-state index contributed by atoms with van der Waals surface area (Å²) >= 11 is 0. The van der Waals surface area contributed by atoms with Crippen LogP contribution >= 0.6 is 0 Å². The first-order valence-corrected chi connectivity index (χ1v) is 10.8. The SMILES string of the molecule is Cc1ccc(-c2nc3c(C)cccn3c2CC(=O)NC2CCCCC2C)cc1C. The van der Waals surface area contributed by atoms with Gasteiger partial charge in [0.15, 0.2) is 0 Å². The smallest absolute Gasteiger partial charge is 0.226 e. The van der Waals surface area contributed by atoms with E-state index in [4.69, 9.17) is 4.98 Å². The number of aromatic nitrogens is 2. The number of carbonyl (C=O) groups is 1. The third-order valence-electron chi connectivity index (χ3n) is 6.51. The van der Waals surface area contributed by atoms with Crippen molar-refractivity contribution < 1.29 is 4.79 Å². The molecule has 2 atom stereocenters. The van der Waals surface area contributed by atoms with Gasteiger partial charge in [0.25, 0.3) is 0 Å². The van der Waals surface area contributed by atoms with Crippen molar-refractivity contribution in [3.05, 3.63) is 58.9 Å². The molecule has 1 amide bonds. The maximum Gasteiger partial charge on any atom is 0.226 e. The molecule has 152 valence electrons. The second-order valence-corrected chi connectivity index (χ2v) is 8.70. The van der Waals surface area contributed by atoms with Gasteiger partial charge in [-0.15, -0.1) is 0 Å². The third kappa shape index (κ3) is 3.93. The molecule has 1 aliphatic rings. The molecule has 2 aromatic heterocycles. The van der Waals surface area contributed by atoms with E-state index in [1.807, 2.05) is 12.3 Å². The van der Waals surface area contributed by atoms with E-state index in [-0.39, 0.29) is 5.91 Å². The lowest BCUT2D eigenvalue weighted by molar-refractivity contribution is -0.121. The first kappa shape index (κ1) is 19.7. The largest absolute Gasteiger partial charge is 0.353 e. The van der Waals surface area contributed by atoms with Crippen LogP contribution in [0.3, 0.4) is 0 Å². The van der Waals surface area contributed by atoms with Crippen LogP contribution in [0.1, 0.15) is 55.0 Å². The molecule has 0 spiro atoms. The Balaban J connectivity index is 1.71. The van der Waals surface area contributed by atoms with Gasteiger partial charge in [0.2, 0.25) is 5.91 Å². The van der Waals surface area contributed by atoms with E-state index >= 15 is 0 Å². The summed E-state index contributed by atoms with van der Waals surface area (Å²) in [6.45, 7) is 8.56. The Kier molecular flexibility index (Phi) is 5.44. The van der Waals surface area contributed by atoms with Crippen LogP contribution in [0.25, 0.3) is 16.9 Å². The fourth-order valence-corrected chi connectivity index (χ4v) is 4.48. The summed E-state index contributed by atoms with van der Waals surface area (Å²) < 4.78 is 2.09. The van der Waals surface area contributed by atoms with Crippen molar-refractivity contribution in [1.29, 1.82) is 0 Å². The Labute approximate surface area is 173 Å². The van der Waals surface area contributed by atoms with Crippen molar-refractivity contribution in [3.8, 4) is 11.3 Å². The Morgan fingerprint density at radius 2 is 1.90 bits per heavy atom. The molecule has 0 bridgehead atoms. The number of amides is 1. The van der Waals surface area contributed by atoms with Crippen molar-refractivity contribution in [2.45, 2.75) is 65.8 Å². The van der Waals surface area contributed by atoms with Crippen LogP contribution in [0.15, 0.2) is 36.5 Å². The van der Waals surface area contributed by atoms with Gasteiger partial charge in [-0.05, 0) is 68.4 Å². The van der Waals surface area contributed by atoms with Gasteiger partial charge in [0, 0.05) is 17.8 Å². The number of benzene rings is 1. The maximum atomic E-state index is 13.0. The third-order valence-corrected chi connectivity index (χ3v) is 6.51. The standard InChI is InChI=1S/C25H31N3O/c1-16-11-12-20(14-19(16)4)24-22(28-13-7-9-18(3)25(28)27-24)15-23(29)26-21-10-6-5-8-17(21)2/h7,9,11-14,17,21H,5-6,8,10,15H2,1-4H3,(H,26,29). The number of carbonyl (C=O) groups excluding carboxylic acids is 1. The molecule has 0 radical (unpaired) electrons. The highest BCUT2D eigenvalue weighted by Crippen LogP contribution is 2.28. The van der Waals surface area contributed by atoms with Crippen molar-refractivity contribution in [1.82, 2.24) is 14.7 Å². The zero-order chi connectivity index (χ0) is 20.5. The molecule has 4 nitrogen and oxygen atoms in total. The summed E-state index contributed by atoms with van der Waals surface area (Å²) in [5.41, 5.74) is 7.49. The Bertz CT molecular complexity index is 1050. The number of hydrogen-bond acceptors (Lipinski definition) is 2. The quantitative estimate of drug-likeness (QED) is 0.670. The lowest BCUT2D eigenvalue weighted by Crippen LogP contribution is -2.41. The van der Waals surface area contributed by atoms with E-state index in [9.17, 15) is 4.79 Å². The summed E-state index contributed by atoms with van der Waals surface area (Å²) in [4.78, 5) is 18.0. The Morgan fingerprint density at radius 3 is 2.66 bits per heavy atom. The van der Waals surface area contributed by atoms with E-state index in [1.165, 1.54) is 30.4 Å². The lowest BCUT2D eigenvalue weighted by atomic mass is 9.86. The van der Waals surface area contributed by atoms with Crippen molar-refractivity contribution in [2.24, 2.45) is 5.92 Å². The molecular weight excluding hydrogens is 358 g/mol.